The molecule has 0 aromatic heterocycles. The lowest BCUT2D eigenvalue weighted by molar-refractivity contribution is -0.120. The zero-order chi connectivity index (χ0) is 42.5. The fraction of sp³-hybridized carbons (Fsp3) is 0.604. The third-order valence-corrected chi connectivity index (χ3v) is 15.9. The molecule has 1 aliphatic rings. The Kier molecular flexibility index (Phi) is 18.8. The van der Waals surface area contributed by atoms with Gasteiger partial charge in [0, 0.05) is 31.9 Å². The number of ether oxygens (including phenoxy) is 5. The molecule has 1 heterocycles. The van der Waals surface area contributed by atoms with Crippen molar-refractivity contribution >= 4 is 26.0 Å². The summed E-state index contributed by atoms with van der Waals surface area (Å²) in [5, 5.41) is -0.189. The first-order valence-electron chi connectivity index (χ1n) is 21.0. The second kappa shape index (κ2) is 22.2. The van der Waals surface area contributed by atoms with Crippen molar-refractivity contribution in [2.24, 2.45) is 35.5 Å². The Bertz CT molecular complexity index is 1630. The standard InChI is InChI=1S/C48H75NO7Si/c1-15-16-17-34(3)47(55-30-40-20-23-41(53-12)24-21-40)38(7)42(29-48(8,9)57(13,14)51)36(5)26-33(2)27-37(6)46(56-32-52-11)35(4)18-19-39-22-25-44-43(28-39)49(10)45(50)31-54-44/h16-25,27-28,34-38,42,46-47,51H,15,26,29-32H2,1-14H3/b17-16-,19-18-,33-27-/t34?,35?,36-,37-,38-,42+,46-,47-/m0/s1. The van der Waals surface area contributed by atoms with Crippen LogP contribution in [0.5, 0.6) is 11.5 Å². The molecule has 0 fully saturated rings. The summed E-state index contributed by atoms with van der Waals surface area (Å²) in [5.41, 5.74) is 4.21. The minimum absolute atomic E-state index is 0.00664. The van der Waals surface area contributed by atoms with Crippen LogP contribution in [0.3, 0.4) is 0 Å². The van der Waals surface area contributed by atoms with Crippen molar-refractivity contribution in [3.63, 3.8) is 0 Å². The van der Waals surface area contributed by atoms with E-state index in [4.69, 9.17) is 23.7 Å². The van der Waals surface area contributed by atoms with Crippen LogP contribution in [0.15, 0.2) is 72.3 Å². The predicted octanol–water partition coefficient (Wildman–Crippen LogP) is 11.1. The summed E-state index contributed by atoms with van der Waals surface area (Å²) >= 11 is 0. The first kappa shape index (κ1) is 48.2. The van der Waals surface area contributed by atoms with Crippen LogP contribution < -0.4 is 14.4 Å². The molecule has 1 aliphatic heterocycles. The van der Waals surface area contributed by atoms with Gasteiger partial charge in [-0.2, -0.15) is 0 Å². The third kappa shape index (κ3) is 14.0. The number of benzene rings is 2. The minimum atomic E-state index is -2.50. The summed E-state index contributed by atoms with van der Waals surface area (Å²) in [6.45, 7) is 25.3. The van der Waals surface area contributed by atoms with E-state index in [9.17, 15) is 9.59 Å². The van der Waals surface area contributed by atoms with Crippen molar-refractivity contribution in [3.8, 4) is 11.5 Å². The van der Waals surface area contributed by atoms with Crippen molar-refractivity contribution in [1.82, 2.24) is 0 Å². The molecule has 9 heteroatoms. The SMILES string of the molecule is CC/C=C\C(C)[C@H](OCc1ccc(OC)cc1)[C@@H](C)[C@H](CC(C)(C)[Si](C)(C)O)[C@@H](C)C/C(C)=C\[C@H](C)[C@@H](OCOC)C(C)/C=C\c1ccc2c(c1)N(C)C(=O)CO2. The number of rotatable bonds is 23. The van der Waals surface area contributed by atoms with Crippen LogP contribution >= 0.6 is 0 Å². The van der Waals surface area contributed by atoms with Gasteiger partial charge in [0.15, 0.2) is 14.9 Å². The van der Waals surface area contributed by atoms with Gasteiger partial charge in [-0.15, -0.1) is 0 Å². The van der Waals surface area contributed by atoms with E-state index in [1.165, 1.54) is 5.57 Å². The first-order valence-corrected chi connectivity index (χ1v) is 23.9. The van der Waals surface area contributed by atoms with Crippen LogP contribution in [0.1, 0.15) is 92.7 Å². The molecule has 2 unspecified atom stereocenters. The molecule has 2 aromatic carbocycles. The zero-order valence-corrected chi connectivity index (χ0v) is 38.6. The summed E-state index contributed by atoms with van der Waals surface area (Å²) in [7, 11) is 2.63. The molecule has 57 heavy (non-hydrogen) atoms. The predicted molar refractivity (Wildman–Crippen MR) is 238 cm³/mol. The molecule has 318 valence electrons. The van der Waals surface area contributed by atoms with Gasteiger partial charge in [-0.1, -0.05) is 110 Å². The van der Waals surface area contributed by atoms with Gasteiger partial charge in [-0.25, -0.2) is 0 Å². The van der Waals surface area contributed by atoms with E-state index >= 15 is 0 Å². The number of anilines is 1. The van der Waals surface area contributed by atoms with Gasteiger partial charge >= 0.3 is 0 Å². The largest absolute Gasteiger partial charge is 0.497 e. The number of likely N-dealkylation sites (N-methyl/N-ethyl adjacent to an activating group) is 1. The molecule has 0 spiro atoms. The Morgan fingerprint density at radius 2 is 1.63 bits per heavy atom. The second-order valence-electron chi connectivity index (χ2n) is 17.8. The van der Waals surface area contributed by atoms with Crippen molar-refractivity contribution in [3.05, 3.63) is 83.5 Å². The van der Waals surface area contributed by atoms with Gasteiger partial charge in [0.25, 0.3) is 5.91 Å². The Morgan fingerprint density at radius 1 is 0.965 bits per heavy atom. The Morgan fingerprint density at radius 3 is 2.25 bits per heavy atom. The molecule has 0 aliphatic carbocycles. The van der Waals surface area contributed by atoms with Crippen LogP contribution in [-0.4, -0.2) is 65.9 Å². The lowest BCUT2D eigenvalue weighted by Gasteiger charge is -2.44. The fourth-order valence-corrected chi connectivity index (χ4v) is 8.85. The van der Waals surface area contributed by atoms with Gasteiger partial charge < -0.3 is 33.4 Å². The summed E-state index contributed by atoms with van der Waals surface area (Å²) < 4.78 is 29.6. The van der Waals surface area contributed by atoms with Gasteiger partial charge in [0.05, 0.1) is 31.6 Å². The molecular formula is C48H75NO7Si. The van der Waals surface area contributed by atoms with Crippen molar-refractivity contribution in [2.45, 2.75) is 119 Å². The van der Waals surface area contributed by atoms with Gasteiger partial charge in [-0.3, -0.25) is 4.79 Å². The van der Waals surface area contributed by atoms with Crippen LogP contribution in [-0.2, 0) is 25.6 Å². The molecule has 8 atom stereocenters. The maximum absolute atomic E-state index is 12.2. The van der Waals surface area contributed by atoms with Crippen molar-refractivity contribution < 1.29 is 33.3 Å². The van der Waals surface area contributed by atoms with E-state index < -0.39 is 8.32 Å². The highest BCUT2D eigenvalue weighted by Gasteiger charge is 2.43. The van der Waals surface area contributed by atoms with E-state index in [0.717, 1.165) is 41.8 Å². The van der Waals surface area contributed by atoms with Crippen LogP contribution in [0, 0.1) is 35.5 Å². The fourth-order valence-electron chi connectivity index (χ4n) is 8.11. The number of amides is 1. The average Bonchev–Trinajstić information content (AvgIpc) is 3.16. The average molecular weight is 806 g/mol. The van der Waals surface area contributed by atoms with Gasteiger partial charge in [0.2, 0.25) is 0 Å². The maximum atomic E-state index is 12.2. The molecule has 0 bridgehead atoms. The maximum Gasteiger partial charge on any atom is 0.264 e. The summed E-state index contributed by atoms with van der Waals surface area (Å²) in [6, 6.07) is 14.1. The molecule has 3 rings (SSSR count). The molecule has 1 N–H and O–H groups in total. The number of allylic oxidation sites excluding steroid dienone is 2. The number of hydrogen-bond acceptors (Lipinski definition) is 7. The number of nitrogens with zero attached hydrogens (tertiary/aromatic N) is 1. The summed E-state index contributed by atoms with van der Waals surface area (Å²) in [4.78, 5) is 25.4. The highest BCUT2D eigenvalue weighted by atomic mass is 28.4. The number of fused-ring (bicyclic) bond motifs is 1. The molecule has 0 radical (unpaired) electrons. The Balaban J connectivity index is 1.88. The molecule has 0 saturated heterocycles. The smallest absolute Gasteiger partial charge is 0.264 e. The summed E-state index contributed by atoms with van der Waals surface area (Å²) in [6.07, 6.45) is 13.9. The number of methoxy groups -OCH3 is 2. The van der Waals surface area contributed by atoms with Gasteiger partial charge in [-0.05, 0) is 97.5 Å². The molecule has 2 aromatic rings. The molecule has 1 amide bonds. The molecule has 8 nitrogen and oxygen atoms in total. The number of hydrogen-bond donors (Lipinski definition) is 1. The molecular weight excluding hydrogens is 731 g/mol. The highest BCUT2D eigenvalue weighted by Crippen LogP contribution is 2.48. The zero-order valence-electron chi connectivity index (χ0n) is 37.6. The topological polar surface area (TPSA) is 86.7 Å². The first-order chi connectivity index (χ1) is 26.8. The van der Waals surface area contributed by atoms with Crippen LogP contribution in [0.2, 0.25) is 18.1 Å². The molecule has 0 saturated carbocycles. The van der Waals surface area contributed by atoms with E-state index in [1.54, 1.807) is 26.2 Å². The third-order valence-electron chi connectivity index (χ3n) is 12.4. The van der Waals surface area contributed by atoms with Crippen molar-refractivity contribution in [1.29, 1.82) is 0 Å². The van der Waals surface area contributed by atoms with Crippen LogP contribution in [0.25, 0.3) is 6.08 Å². The van der Waals surface area contributed by atoms with Crippen LogP contribution in [0.4, 0.5) is 5.69 Å². The van der Waals surface area contributed by atoms with E-state index in [-0.39, 0.29) is 60.2 Å². The lowest BCUT2D eigenvalue weighted by Crippen LogP contribution is -2.44. The highest BCUT2D eigenvalue weighted by molar-refractivity contribution is 6.72. The Labute approximate surface area is 346 Å². The Hall–Kier alpha value is -3.21. The van der Waals surface area contributed by atoms with E-state index in [2.05, 4.69) is 118 Å². The number of carbonyl (C=O) groups excluding carboxylic acids is 1. The second-order valence-corrected chi connectivity index (χ2v) is 22.2. The quantitative estimate of drug-likeness (QED) is 0.0680. The minimum Gasteiger partial charge on any atom is -0.497 e. The monoisotopic (exact) mass is 806 g/mol. The normalized spacial score (nSPS) is 18.5. The van der Waals surface area contributed by atoms with Crippen molar-refractivity contribution in [2.75, 3.05) is 39.6 Å². The van der Waals surface area contributed by atoms with Gasteiger partial charge in [0.1, 0.15) is 18.3 Å². The van der Waals surface area contributed by atoms with E-state index in [0.29, 0.717) is 24.2 Å². The number of carbonyl (C=O) groups is 1. The summed E-state index contributed by atoms with van der Waals surface area (Å²) in [5.74, 6) is 2.77. The lowest BCUT2D eigenvalue weighted by atomic mass is 9.71. The van der Waals surface area contributed by atoms with E-state index in [1.807, 2.05) is 30.3 Å².